The molecule has 0 spiro atoms. The number of carbonyl (C=O) groups is 1. The van der Waals surface area contributed by atoms with E-state index in [1.807, 2.05) is 20.8 Å². The molecule has 112 valence electrons. The lowest BCUT2D eigenvalue weighted by atomic mass is 9.85. The van der Waals surface area contributed by atoms with Gasteiger partial charge in [0.2, 0.25) is 5.89 Å². The summed E-state index contributed by atoms with van der Waals surface area (Å²) < 4.78 is 10.7. The Morgan fingerprint density at radius 1 is 1.60 bits per heavy atom. The second-order valence-electron chi connectivity index (χ2n) is 5.51. The van der Waals surface area contributed by atoms with Crippen molar-refractivity contribution in [3.05, 3.63) is 17.8 Å². The van der Waals surface area contributed by atoms with E-state index in [2.05, 4.69) is 10.3 Å². The molecule has 1 saturated carbocycles. The lowest BCUT2D eigenvalue weighted by molar-refractivity contribution is -0.149. The summed E-state index contributed by atoms with van der Waals surface area (Å²) in [7, 11) is 0. The highest BCUT2D eigenvalue weighted by molar-refractivity contribution is 5.72. The fraction of sp³-hybridized carbons (Fsp3) is 0.733. The number of aromatic nitrogens is 1. The Kier molecular flexibility index (Phi) is 5.17. The third-order valence-electron chi connectivity index (χ3n) is 3.79. The quantitative estimate of drug-likeness (QED) is 0.840. The maximum Gasteiger partial charge on any atom is 0.308 e. The van der Waals surface area contributed by atoms with E-state index in [4.69, 9.17) is 9.15 Å². The van der Waals surface area contributed by atoms with E-state index in [9.17, 15) is 4.79 Å². The van der Waals surface area contributed by atoms with Crippen molar-refractivity contribution >= 4 is 5.97 Å². The molecule has 0 aromatic carbocycles. The summed E-state index contributed by atoms with van der Waals surface area (Å²) in [5.41, 5.74) is 0. The molecule has 0 bridgehead atoms. The fourth-order valence-corrected chi connectivity index (χ4v) is 2.81. The number of nitrogens with zero attached hydrogens (tertiary/aromatic N) is 1. The van der Waals surface area contributed by atoms with E-state index < -0.39 is 0 Å². The van der Waals surface area contributed by atoms with Crippen molar-refractivity contribution in [2.45, 2.75) is 58.5 Å². The molecule has 1 fully saturated rings. The SMILES string of the molecule is CCOC(=O)C1CCCC(NC(C)c2ncc(C)o2)C1. The van der Waals surface area contributed by atoms with Crippen LogP contribution < -0.4 is 5.32 Å². The van der Waals surface area contributed by atoms with Gasteiger partial charge in [-0.2, -0.15) is 0 Å². The average molecular weight is 280 g/mol. The Hall–Kier alpha value is -1.36. The lowest BCUT2D eigenvalue weighted by Gasteiger charge is -2.30. The monoisotopic (exact) mass is 280 g/mol. The summed E-state index contributed by atoms with van der Waals surface area (Å²) in [5, 5.41) is 3.51. The Balaban J connectivity index is 1.87. The van der Waals surface area contributed by atoms with Gasteiger partial charge in [0.05, 0.1) is 24.8 Å². The predicted molar refractivity (Wildman–Crippen MR) is 75.2 cm³/mol. The van der Waals surface area contributed by atoms with Crippen molar-refractivity contribution < 1.29 is 13.9 Å². The largest absolute Gasteiger partial charge is 0.466 e. The molecule has 5 heteroatoms. The third kappa shape index (κ3) is 3.82. The molecule has 20 heavy (non-hydrogen) atoms. The molecule has 1 aliphatic carbocycles. The zero-order valence-corrected chi connectivity index (χ0v) is 12.5. The molecule has 0 radical (unpaired) electrons. The number of aryl methyl sites for hydroxylation is 1. The molecule has 5 nitrogen and oxygen atoms in total. The van der Waals surface area contributed by atoms with Gasteiger partial charge >= 0.3 is 5.97 Å². The minimum atomic E-state index is -0.0568. The van der Waals surface area contributed by atoms with Crippen molar-refractivity contribution in [2.24, 2.45) is 5.92 Å². The second-order valence-corrected chi connectivity index (χ2v) is 5.51. The van der Waals surface area contributed by atoms with Crippen molar-refractivity contribution in [1.29, 1.82) is 0 Å². The molecule has 2 rings (SSSR count). The van der Waals surface area contributed by atoms with Crippen LogP contribution in [0.5, 0.6) is 0 Å². The van der Waals surface area contributed by atoms with E-state index in [1.54, 1.807) is 6.20 Å². The van der Waals surface area contributed by atoms with Gasteiger partial charge in [-0.25, -0.2) is 4.98 Å². The molecule has 0 aliphatic heterocycles. The van der Waals surface area contributed by atoms with E-state index in [1.165, 1.54) is 0 Å². The Labute approximate surface area is 120 Å². The maximum atomic E-state index is 11.8. The topological polar surface area (TPSA) is 64.4 Å². The van der Waals surface area contributed by atoms with Crippen molar-refractivity contribution in [1.82, 2.24) is 10.3 Å². The fourth-order valence-electron chi connectivity index (χ4n) is 2.81. The molecular formula is C15H24N2O3. The first-order valence-electron chi connectivity index (χ1n) is 7.45. The van der Waals surface area contributed by atoms with Gasteiger partial charge in [-0.3, -0.25) is 4.79 Å². The first-order chi connectivity index (χ1) is 9.60. The molecular weight excluding hydrogens is 256 g/mol. The van der Waals surface area contributed by atoms with Crippen molar-refractivity contribution in [3.8, 4) is 0 Å². The van der Waals surface area contributed by atoms with Gasteiger partial charge in [-0.1, -0.05) is 6.42 Å². The number of oxazole rings is 1. The van der Waals surface area contributed by atoms with E-state index in [-0.39, 0.29) is 17.9 Å². The zero-order valence-electron chi connectivity index (χ0n) is 12.5. The van der Waals surface area contributed by atoms with Gasteiger partial charge < -0.3 is 14.5 Å². The zero-order chi connectivity index (χ0) is 14.5. The van der Waals surface area contributed by atoms with Crippen LogP contribution in [0.3, 0.4) is 0 Å². The number of esters is 1. The highest BCUT2D eigenvalue weighted by Gasteiger charge is 2.29. The number of carbonyl (C=O) groups excluding carboxylic acids is 1. The number of hydrogen-bond acceptors (Lipinski definition) is 5. The van der Waals surface area contributed by atoms with Crippen molar-refractivity contribution in [3.63, 3.8) is 0 Å². The van der Waals surface area contributed by atoms with Crippen LogP contribution in [0.15, 0.2) is 10.6 Å². The van der Waals surface area contributed by atoms with E-state index in [0.717, 1.165) is 31.4 Å². The maximum absolute atomic E-state index is 11.8. The molecule has 1 heterocycles. The van der Waals surface area contributed by atoms with Gasteiger partial charge in [0.1, 0.15) is 5.76 Å². The Bertz CT molecular complexity index is 444. The normalized spacial score (nSPS) is 24.4. The van der Waals surface area contributed by atoms with Gasteiger partial charge in [0.15, 0.2) is 0 Å². The molecule has 1 aromatic rings. The highest BCUT2D eigenvalue weighted by Crippen LogP contribution is 2.27. The molecule has 1 aromatic heterocycles. The Morgan fingerprint density at radius 2 is 2.40 bits per heavy atom. The average Bonchev–Trinajstić information content (AvgIpc) is 2.86. The number of rotatable bonds is 5. The summed E-state index contributed by atoms with van der Waals surface area (Å²) in [5.74, 6) is 1.50. The summed E-state index contributed by atoms with van der Waals surface area (Å²) in [4.78, 5) is 16.1. The van der Waals surface area contributed by atoms with Crippen LogP contribution in [0, 0.1) is 12.8 Å². The van der Waals surface area contributed by atoms with Crippen LogP contribution in [-0.4, -0.2) is 23.6 Å². The van der Waals surface area contributed by atoms with Crippen LogP contribution in [0.4, 0.5) is 0 Å². The first kappa shape index (κ1) is 15.0. The van der Waals surface area contributed by atoms with Crippen LogP contribution in [-0.2, 0) is 9.53 Å². The predicted octanol–water partition coefficient (Wildman–Crippen LogP) is 2.76. The minimum absolute atomic E-state index is 0.0275. The summed E-state index contributed by atoms with van der Waals surface area (Å²) >= 11 is 0. The summed E-state index contributed by atoms with van der Waals surface area (Å²) in [6.45, 7) is 6.24. The molecule has 1 N–H and O–H groups in total. The highest BCUT2D eigenvalue weighted by atomic mass is 16.5. The van der Waals surface area contributed by atoms with Crippen LogP contribution in [0.2, 0.25) is 0 Å². The summed E-state index contributed by atoms with van der Waals surface area (Å²) in [6.07, 6.45) is 5.64. The molecule has 3 unspecified atom stereocenters. The molecule has 0 saturated heterocycles. The lowest BCUT2D eigenvalue weighted by Crippen LogP contribution is -2.38. The Morgan fingerprint density at radius 3 is 3.05 bits per heavy atom. The third-order valence-corrected chi connectivity index (χ3v) is 3.79. The minimum Gasteiger partial charge on any atom is -0.466 e. The van der Waals surface area contributed by atoms with Crippen LogP contribution >= 0.6 is 0 Å². The number of nitrogens with one attached hydrogen (secondary N) is 1. The first-order valence-corrected chi connectivity index (χ1v) is 7.45. The molecule has 0 amide bonds. The van der Waals surface area contributed by atoms with Gasteiger partial charge in [-0.05, 0) is 40.0 Å². The number of ether oxygens (including phenoxy) is 1. The van der Waals surface area contributed by atoms with Gasteiger partial charge in [0.25, 0.3) is 0 Å². The number of hydrogen-bond donors (Lipinski definition) is 1. The molecule has 1 aliphatic rings. The summed E-state index contributed by atoms with van der Waals surface area (Å²) in [6, 6.07) is 0.384. The second kappa shape index (κ2) is 6.88. The molecule has 3 atom stereocenters. The van der Waals surface area contributed by atoms with E-state index in [0.29, 0.717) is 18.5 Å². The van der Waals surface area contributed by atoms with Crippen LogP contribution in [0.25, 0.3) is 0 Å². The van der Waals surface area contributed by atoms with Gasteiger partial charge in [-0.15, -0.1) is 0 Å². The van der Waals surface area contributed by atoms with Crippen LogP contribution in [0.1, 0.15) is 57.2 Å². The standard InChI is InChI=1S/C15H24N2O3/c1-4-19-15(18)12-6-5-7-13(8-12)17-11(3)14-16-9-10(2)20-14/h9,11-13,17H,4-8H2,1-3H3. The smallest absolute Gasteiger partial charge is 0.308 e. The van der Waals surface area contributed by atoms with Crippen molar-refractivity contribution in [2.75, 3.05) is 6.61 Å². The van der Waals surface area contributed by atoms with Gasteiger partial charge in [0, 0.05) is 6.04 Å². The van der Waals surface area contributed by atoms with E-state index >= 15 is 0 Å².